The number of nitrogens with one attached hydrogen (secondary N) is 1. The zero-order valence-corrected chi connectivity index (χ0v) is 10.6. The van der Waals surface area contributed by atoms with Crippen molar-refractivity contribution in [2.75, 3.05) is 0 Å². The van der Waals surface area contributed by atoms with Gasteiger partial charge in [0.25, 0.3) is 5.56 Å². The van der Waals surface area contributed by atoms with E-state index in [9.17, 15) is 4.79 Å². The van der Waals surface area contributed by atoms with Gasteiger partial charge >= 0.3 is 0 Å². The van der Waals surface area contributed by atoms with Crippen LogP contribution in [0.25, 0.3) is 0 Å². The molecule has 0 aromatic carbocycles. The maximum absolute atomic E-state index is 12.0. The van der Waals surface area contributed by atoms with Crippen molar-refractivity contribution in [2.45, 2.75) is 51.9 Å². The first-order chi connectivity index (χ1) is 8.19. The van der Waals surface area contributed by atoms with Crippen molar-refractivity contribution in [1.82, 2.24) is 9.97 Å². The summed E-state index contributed by atoms with van der Waals surface area (Å²) in [6.45, 7) is 3.97. The van der Waals surface area contributed by atoms with Gasteiger partial charge in [-0.3, -0.25) is 4.79 Å². The van der Waals surface area contributed by atoms with Gasteiger partial charge in [0.1, 0.15) is 5.82 Å². The van der Waals surface area contributed by atoms with Gasteiger partial charge in [0, 0.05) is 17.2 Å². The molecule has 17 heavy (non-hydrogen) atoms. The molecule has 1 heterocycles. The van der Waals surface area contributed by atoms with Crippen molar-refractivity contribution in [2.24, 2.45) is 11.8 Å². The van der Waals surface area contributed by atoms with Crippen LogP contribution in [0.4, 0.5) is 0 Å². The van der Waals surface area contributed by atoms with E-state index in [1.807, 2.05) is 13.8 Å². The molecule has 2 fully saturated rings. The van der Waals surface area contributed by atoms with Gasteiger partial charge in [0.05, 0.1) is 0 Å². The van der Waals surface area contributed by atoms with E-state index in [4.69, 9.17) is 0 Å². The summed E-state index contributed by atoms with van der Waals surface area (Å²) in [7, 11) is 0. The number of fused-ring (bicyclic) bond motifs is 2. The lowest BCUT2D eigenvalue weighted by Gasteiger charge is -2.21. The molecule has 3 heteroatoms. The number of rotatable bonds is 2. The van der Waals surface area contributed by atoms with Crippen LogP contribution < -0.4 is 5.56 Å². The molecule has 1 N–H and O–H groups in total. The van der Waals surface area contributed by atoms with Gasteiger partial charge in [-0.25, -0.2) is 4.98 Å². The second-order valence-corrected chi connectivity index (χ2v) is 5.65. The maximum Gasteiger partial charge on any atom is 0.254 e. The summed E-state index contributed by atoms with van der Waals surface area (Å²) in [6, 6.07) is 0. The minimum atomic E-state index is 0.0813. The molecular weight excluding hydrogens is 212 g/mol. The number of hydrogen-bond acceptors (Lipinski definition) is 2. The lowest BCUT2D eigenvalue weighted by Crippen LogP contribution is -2.22. The minimum Gasteiger partial charge on any atom is -0.310 e. The third-order valence-corrected chi connectivity index (χ3v) is 4.68. The Morgan fingerprint density at radius 1 is 1.35 bits per heavy atom. The molecule has 3 atom stereocenters. The van der Waals surface area contributed by atoms with Crippen molar-refractivity contribution >= 4 is 0 Å². The second-order valence-electron chi connectivity index (χ2n) is 5.65. The van der Waals surface area contributed by atoms with Gasteiger partial charge in [-0.05, 0) is 44.4 Å². The van der Waals surface area contributed by atoms with Crippen LogP contribution in [0, 0.1) is 18.8 Å². The number of hydrogen-bond donors (Lipinski definition) is 1. The smallest absolute Gasteiger partial charge is 0.254 e. The third kappa shape index (κ3) is 1.72. The van der Waals surface area contributed by atoms with Crippen LogP contribution >= 0.6 is 0 Å². The van der Waals surface area contributed by atoms with Gasteiger partial charge < -0.3 is 4.98 Å². The monoisotopic (exact) mass is 232 g/mol. The molecule has 2 aliphatic carbocycles. The molecule has 2 bridgehead atoms. The van der Waals surface area contributed by atoms with Gasteiger partial charge in [-0.15, -0.1) is 0 Å². The summed E-state index contributed by atoms with van der Waals surface area (Å²) < 4.78 is 0. The van der Waals surface area contributed by atoms with E-state index in [1.54, 1.807) is 0 Å². The van der Waals surface area contributed by atoms with Crippen molar-refractivity contribution in [3.63, 3.8) is 0 Å². The summed E-state index contributed by atoms with van der Waals surface area (Å²) in [6.07, 6.45) is 6.07. The Bertz CT molecular complexity index is 491. The number of aromatic nitrogens is 2. The summed E-state index contributed by atoms with van der Waals surface area (Å²) >= 11 is 0. The highest BCUT2D eigenvalue weighted by molar-refractivity contribution is 5.19. The molecule has 0 spiro atoms. The lowest BCUT2D eigenvalue weighted by atomic mass is 9.88. The summed E-state index contributed by atoms with van der Waals surface area (Å²) in [5.41, 5.74) is 1.85. The van der Waals surface area contributed by atoms with Gasteiger partial charge in [0.2, 0.25) is 0 Å². The van der Waals surface area contributed by atoms with E-state index in [0.717, 1.165) is 35.3 Å². The Hall–Kier alpha value is -1.12. The summed E-state index contributed by atoms with van der Waals surface area (Å²) in [5, 5.41) is 0. The van der Waals surface area contributed by atoms with Crippen LogP contribution in [0.15, 0.2) is 4.79 Å². The molecule has 2 aliphatic rings. The fourth-order valence-electron chi connectivity index (χ4n) is 3.80. The molecule has 0 amide bonds. The molecule has 3 nitrogen and oxygen atoms in total. The minimum absolute atomic E-state index is 0.0813. The molecule has 1 aromatic rings. The van der Waals surface area contributed by atoms with Gasteiger partial charge in [-0.2, -0.15) is 0 Å². The number of aromatic amines is 1. The third-order valence-electron chi connectivity index (χ3n) is 4.68. The molecule has 0 saturated heterocycles. The van der Waals surface area contributed by atoms with Crippen LogP contribution in [0.5, 0.6) is 0 Å². The molecule has 0 aliphatic heterocycles. The zero-order valence-electron chi connectivity index (χ0n) is 10.6. The van der Waals surface area contributed by atoms with E-state index < -0.39 is 0 Å². The predicted molar refractivity (Wildman–Crippen MR) is 67.2 cm³/mol. The first-order valence-corrected chi connectivity index (χ1v) is 6.78. The topological polar surface area (TPSA) is 45.8 Å². The number of aryl methyl sites for hydroxylation is 1. The first-order valence-electron chi connectivity index (χ1n) is 6.78. The van der Waals surface area contributed by atoms with Crippen molar-refractivity contribution in [3.05, 3.63) is 27.4 Å². The van der Waals surface area contributed by atoms with Gasteiger partial charge in [-0.1, -0.05) is 13.3 Å². The summed E-state index contributed by atoms with van der Waals surface area (Å²) in [5.74, 6) is 3.14. The highest BCUT2D eigenvalue weighted by Gasteiger charge is 2.41. The predicted octanol–water partition coefficient (Wildman–Crippen LogP) is 2.54. The van der Waals surface area contributed by atoms with Crippen molar-refractivity contribution in [1.29, 1.82) is 0 Å². The normalized spacial score (nSPS) is 31.1. The quantitative estimate of drug-likeness (QED) is 0.851. The molecule has 92 valence electrons. The fourth-order valence-corrected chi connectivity index (χ4v) is 3.80. The molecular formula is C14H20N2O. The number of H-pyrrole nitrogens is 1. The second kappa shape index (κ2) is 3.97. The van der Waals surface area contributed by atoms with Crippen molar-refractivity contribution < 1.29 is 0 Å². The van der Waals surface area contributed by atoms with E-state index in [-0.39, 0.29) is 5.56 Å². The van der Waals surface area contributed by atoms with Crippen molar-refractivity contribution in [3.8, 4) is 0 Å². The van der Waals surface area contributed by atoms with Crippen LogP contribution in [0.2, 0.25) is 0 Å². The highest BCUT2D eigenvalue weighted by atomic mass is 16.1. The Morgan fingerprint density at radius 2 is 2.18 bits per heavy atom. The van der Waals surface area contributed by atoms with Crippen LogP contribution in [0.3, 0.4) is 0 Å². The zero-order chi connectivity index (χ0) is 12.0. The molecule has 1 aromatic heterocycles. The Balaban J connectivity index is 1.97. The van der Waals surface area contributed by atoms with Crippen LogP contribution in [-0.4, -0.2) is 9.97 Å². The van der Waals surface area contributed by atoms with E-state index in [2.05, 4.69) is 9.97 Å². The molecule has 3 rings (SSSR count). The maximum atomic E-state index is 12.0. The molecule has 0 radical (unpaired) electrons. The number of nitrogens with zero attached hydrogens (tertiary/aromatic N) is 1. The van der Waals surface area contributed by atoms with E-state index in [1.165, 1.54) is 25.7 Å². The van der Waals surface area contributed by atoms with Crippen LogP contribution in [-0.2, 0) is 6.42 Å². The molecule has 2 saturated carbocycles. The Labute approximate surface area is 102 Å². The standard InChI is InChI=1S/C14H20N2O/c1-3-11-8(2)15-13(16-14(11)17)12-7-9-4-5-10(12)6-9/h9-10,12H,3-7H2,1-2H3,(H,15,16,17). The largest absolute Gasteiger partial charge is 0.310 e. The van der Waals surface area contributed by atoms with Gasteiger partial charge in [0.15, 0.2) is 0 Å². The summed E-state index contributed by atoms with van der Waals surface area (Å²) in [4.78, 5) is 19.6. The van der Waals surface area contributed by atoms with Crippen LogP contribution in [0.1, 0.15) is 55.6 Å². The average Bonchev–Trinajstić information content (AvgIpc) is 2.90. The highest BCUT2D eigenvalue weighted by Crippen LogP contribution is 2.51. The lowest BCUT2D eigenvalue weighted by molar-refractivity contribution is 0.403. The average molecular weight is 232 g/mol. The molecule has 3 unspecified atom stereocenters. The SMILES string of the molecule is CCc1c(C)nc(C2CC3CCC2C3)[nH]c1=O. The van der Waals surface area contributed by atoms with E-state index >= 15 is 0 Å². The Morgan fingerprint density at radius 3 is 2.71 bits per heavy atom. The van der Waals surface area contributed by atoms with E-state index in [0.29, 0.717) is 5.92 Å². The first kappa shape index (κ1) is 11.0. The Kier molecular flexibility index (Phi) is 2.57. The fraction of sp³-hybridized carbons (Fsp3) is 0.714.